The van der Waals surface area contributed by atoms with Crippen molar-refractivity contribution in [2.24, 2.45) is 0 Å². The van der Waals surface area contributed by atoms with Gasteiger partial charge in [-0.1, -0.05) is 0 Å². The number of nitrogens with zero attached hydrogens (tertiary/aromatic N) is 2. The Kier molecular flexibility index (Phi) is 2.85. The second-order valence-electron chi connectivity index (χ2n) is 3.94. The van der Waals surface area contributed by atoms with E-state index in [0.717, 1.165) is 5.56 Å². The van der Waals surface area contributed by atoms with Crippen LogP contribution in [0.4, 0.5) is 8.78 Å². The number of hydrogen-bond donors (Lipinski definition) is 0. The number of alkyl halides is 2. The molecular formula is C11H12F2N2O. The molecule has 2 rings (SSSR count). The number of rotatable bonds is 2. The summed E-state index contributed by atoms with van der Waals surface area (Å²) in [6.07, 6.45) is -1.14. The number of carbonyl (C=O) groups excluding carboxylic acids is 1. The quantitative estimate of drug-likeness (QED) is 0.772. The number of aromatic nitrogens is 1. The minimum absolute atomic E-state index is 0.0272. The molecule has 0 atom stereocenters. The molecule has 2 heterocycles. The monoisotopic (exact) mass is 226 g/mol. The van der Waals surface area contributed by atoms with Gasteiger partial charge in [0.2, 0.25) is 5.91 Å². The summed E-state index contributed by atoms with van der Waals surface area (Å²) >= 11 is 0. The van der Waals surface area contributed by atoms with E-state index in [4.69, 9.17) is 0 Å². The zero-order chi connectivity index (χ0) is 11.7. The maximum Gasteiger partial charge on any atom is 0.280 e. The van der Waals surface area contributed by atoms with Crippen LogP contribution >= 0.6 is 0 Å². The lowest BCUT2D eigenvalue weighted by Crippen LogP contribution is -2.47. The van der Waals surface area contributed by atoms with Gasteiger partial charge in [-0.25, -0.2) is 8.78 Å². The van der Waals surface area contributed by atoms with E-state index >= 15 is 0 Å². The lowest BCUT2D eigenvalue weighted by atomic mass is 9.91. The number of halogens is 2. The fourth-order valence-corrected chi connectivity index (χ4v) is 1.79. The topological polar surface area (TPSA) is 33.2 Å². The molecule has 3 nitrogen and oxygen atoms in total. The summed E-state index contributed by atoms with van der Waals surface area (Å²) in [6.45, 7) is 2.73. The maximum atomic E-state index is 12.4. The van der Waals surface area contributed by atoms with Crippen LogP contribution in [0.3, 0.4) is 0 Å². The number of amides is 1. The van der Waals surface area contributed by atoms with Crippen LogP contribution in [0, 0.1) is 0 Å². The minimum Gasteiger partial charge on any atom is -0.342 e. The molecule has 5 heteroatoms. The van der Waals surface area contributed by atoms with Crippen molar-refractivity contribution in [2.75, 3.05) is 13.1 Å². The van der Waals surface area contributed by atoms with Gasteiger partial charge in [-0.2, -0.15) is 0 Å². The molecular weight excluding hydrogens is 214 g/mol. The largest absolute Gasteiger partial charge is 0.342 e. The molecule has 86 valence electrons. The Morgan fingerprint density at radius 3 is 2.81 bits per heavy atom. The number of pyridine rings is 1. The Labute approximate surface area is 92.1 Å². The molecule has 1 fully saturated rings. The van der Waals surface area contributed by atoms with Gasteiger partial charge in [-0.05, 0) is 17.7 Å². The van der Waals surface area contributed by atoms with Crippen LogP contribution in [0.1, 0.15) is 30.5 Å². The molecule has 0 unspecified atom stereocenters. The van der Waals surface area contributed by atoms with Crippen molar-refractivity contribution in [1.82, 2.24) is 9.88 Å². The van der Waals surface area contributed by atoms with Crippen molar-refractivity contribution in [2.45, 2.75) is 19.3 Å². The normalized spacial score (nSPS) is 16.4. The first-order chi connectivity index (χ1) is 7.58. The van der Waals surface area contributed by atoms with Crippen molar-refractivity contribution in [3.8, 4) is 0 Å². The van der Waals surface area contributed by atoms with Gasteiger partial charge in [0, 0.05) is 32.1 Å². The van der Waals surface area contributed by atoms with E-state index in [0.29, 0.717) is 13.1 Å². The van der Waals surface area contributed by atoms with Crippen LogP contribution < -0.4 is 0 Å². The molecule has 16 heavy (non-hydrogen) atoms. The van der Waals surface area contributed by atoms with Crippen LogP contribution in [0.25, 0.3) is 0 Å². The highest BCUT2D eigenvalue weighted by Crippen LogP contribution is 2.28. The maximum absolute atomic E-state index is 12.4. The SMILES string of the molecule is CC(=O)N1CC(c2ccnc(C(F)F)c2)C1. The van der Waals surface area contributed by atoms with Crippen molar-refractivity contribution in [1.29, 1.82) is 0 Å². The number of likely N-dealkylation sites (tertiary alicyclic amines) is 1. The minimum atomic E-state index is -2.54. The molecule has 1 aliphatic heterocycles. The van der Waals surface area contributed by atoms with Gasteiger partial charge in [-0.3, -0.25) is 9.78 Å². The third kappa shape index (κ3) is 2.03. The summed E-state index contributed by atoms with van der Waals surface area (Å²) in [7, 11) is 0. The van der Waals surface area contributed by atoms with Gasteiger partial charge < -0.3 is 4.90 Å². The van der Waals surface area contributed by atoms with Crippen LogP contribution in [-0.4, -0.2) is 28.9 Å². The van der Waals surface area contributed by atoms with Crippen LogP contribution in [0.5, 0.6) is 0 Å². The van der Waals surface area contributed by atoms with Crippen molar-refractivity contribution in [3.63, 3.8) is 0 Å². The molecule has 0 N–H and O–H groups in total. The molecule has 1 aromatic rings. The van der Waals surface area contributed by atoms with Crippen LogP contribution in [0.2, 0.25) is 0 Å². The van der Waals surface area contributed by atoms with E-state index in [1.54, 1.807) is 11.0 Å². The van der Waals surface area contributed by atoms with Gasteiger partial charge in [0.15, 0.2) is 0 Å². The number of carbonyl (C=O) groups is 1. The van der Waals surface area contributed by atoms with Crippen LogP contribution in [-0.2, 0) is 4.79 Å². The molecule has 0 bridgehead atoms. The third-order valence-corrected chi connectivity index (χ3v) is 2.83. The first-order valence-corrected chi connectivity index (χ1v) is 5.07. The highest BCUT2D eigenvalue weighted by Gasteiger charge is 2.30. The average Bonchev–Trinajstić information content (AvgIpc) is 2.15. The lowest BCUT2D eigenvalue weighted by molar-refractivity contribution is -0.133. The predicted octanol–water partition coefficient (Wildman–Crippen LogP) is 1.96. The number of hydrogen-bond acceptors (Lipinski definition) is 2. The summed E-state index contributed by atoms with van der Waals surface area (Å²) in [5, 5.41) is 0. The van der Waals surface area contributed by atoms with E-state index < -0.39 is 6.43 Å². The van der Waals surface area contributed by atoms with E-state index in [1.165, 1.54) is 19.2 Å². The van der Waals surface area contributed by atoms with Gasteiger partial charge in [0.1, 0.15) is 5.69 Å². The first kappa shape index (κ1) is 11.0. The van der Waals surface area contributed by atoms with Gasteiger partial charge in [0.05, 0.1) is 0 Å². The molecule has 0 aromatic carbocycles. The average molecular weight is 226 g/mol. The predicted molar refractivity (Wildman–Crippen MR) is 54.2 cm³/mol. The van der Waals surface area contributed by atoms with E-state index in [9.17, 15) is 13.6 Å². The van der Waals surface area contributed by atoms with Gasteiger partial charge in [0.25, 0.3) is 6.43 Å². The Morgan fingerprint density at radius 1 is 1.56 bits per heavy atom. The molecule has 0 aliphatic carbocycles. The van der Waals surface area contributed by atoms with Crippen molar-refractivity contribution < 1.29 is 13.6 Å². The molecule has 1 saturated heterocycles. The van der Waals surface area contributed by atoms with Gasteiger partial charge in [-0.15, -0.1) is 0 Å². The highest BCUT2D eigenvalue weighted by molar-refractivity contribution is 5.74. The Hall–Kier alpha value is -1.52. The zero-order valence-corrected chi connectivity index (χ0v) is 8.86. The van der Waals surface area contributed by atoms with Crippen molar-refractivity contribution >= 4 is 5.91 Å². The van der Waals surface area contributed by atoms with Crippen LogP contribution in [0.15, 0.2) is 18.3 Å². The fraction of sp³-hybridized carbons (Fsp3) is 0.455. The Morgan fingerprint density at radius 2 is 2.25 bits per heavy atom. The second-order valence-corrected chi connectivity index (χ2v) is 3.94. The lowest BCUT2D eigenvalue weighted by Gasteiger charge is -2.39. The Balaban J connectivity index is 2.06. The first-order valence-electron chi connectivity index (χ1n) is 5.07. The fourth-order valence-electron chi connectivity index (χ4n) is 1.79. The molecule has 1 amide bonds. The van der Waals surface area contributed by atoms with E-state index in [-0.39, 0.29) is 17.5 Å². The van der Waals surface area contributed by atoms with E-state index in [1.807, 2.05) is 0 Å². The van der Waals surface area contributed by atoms with Crippen molar-refractivity contribution in [3.05, 3.63) is 29.6 Å². The molecule has 1 aromatic heterocycles. The van der Waals surface area contributed by atoms with E-state index in [2.05, 4.69) is 4.98 Å². The zero-order valence-electron chi connectivity index (χ0n) is 8.86. The third-order valence-electron chi connectivity index (χ3n) is 2.83. The second kappa shape index (κ2) is 4.15. The Bertz CT molecular complexity index is 403. The summed E-state index contributed by atoms with van der Waals surface area (Å²) < 4.78 is 24.8. The summed E-state index contributed by atoms with van der Waals surface area (Å²) in [5.74, 6) is 0.198. The highest BCUT2D eigenvalue weighted by atomic mass is 19.3. The summed E-state index contributed by atoms with van der Waals surface area (Å²) in [6, 6.07) is 3.15. The smallest absolute Gasteiger partial charge is 0.280 e. The standard InChI is InChI=1S/C11H12F2N2O/c1-7(16)15-5-9(6-15)8-2-3-14-10(4-8)11(12)13/h2-4,9,11H,5-6H2,1H3. The summed E-state index contributed by atoms with van der Waals surface area (Å²) in [4.78, 5) is 16.3. The molecule has 0 saturated carbocycles. The molecule has 0 spiro atoms. The summed E-state index contributed by atoms with van der Waals surface area (Å²) in [5.41, 5.74) is 0.640. The molecule has 0 radical (unpaired) electrons. The molecule has 1 aliphatic rings. The van der Waals surface area contributed by atoms with Gasteiger partial charge >= 0.3 is 0 Å².